The Hall–Kier alpha value is -4.19. The van der Waals surface area contributed by atoms with Gasteiger partial charge in [0.1, 0.15) is 5.70 Å². The molecule has 0 saturated heterocycles. The van der Waals surface area contributed by atoms with Gasteiger partial charge in [0.05, 0.1) is 11.3 Å². The van der Waals surface area contributed by atoms with Gasteiger partial charge in [-0.25, -0.2) is 4.90 Å². The van der Waals surface area contributed by atoms with E-state index in [0.717, 1.165) is 11.1 Å². The SMILES string of the molecule is CCN(Cc1ccccc1)C1=C(c2ccc(C)cc2)C(=O)N(c2ccc(NC(C)=O)cc2)C1=O. The number of benzene rings is 3. The summed E-state index contributed by atoms with van der Waals surface area (Å²) in [6.07, 6.45) is 0. The third-order valence-corrected chi connectivity index (χ3v) is 5.76. The van der Waals surface area contributed by atoms with E-state index in [-0.39, 0.29) is 17.7 Å². The molecule has 6 heteroatoms. The Kier molecular flexibility index (Phi) is 6.59. The molecule has 4 rings (SSSR count). The summed E-state index contributed by atoms with van der Waals surface area (Å²) < 4.78 is 0. The van der Waals surface area contributed by atoms with Crippen molar-refractivity contribution in [2.24, 2.45) is 0 Å². The molecule has 0 aliphatic carbocycles. The molecule has 0 saturated carbocycles. The van der Waals surface area contributed by atoms with Gasteiger partial charge >= 0.3 is 0 Å². The molecule has 3 aromatic rings. The molecule has 1 aliphatic rings. The van der Waals surface area contributed by atoms with E-state index in [4.69, 9.17) is 0 Å². The van der Waals surface area contributed by atoms with E-state index in [0.29, 0.717) is 41.3 Å². The summed E-state index contributed by atoms with van der Waals surface area (Å²) in [5.74, 6) is -0.903. The predicted octanol–water partition coefficient (Wildman–Crippen LogP) is 4.76. The maximum atomic E-state index is 13.8. The molecule has 0 radical (unpaired) electrons. The number of carbonyl (C=O) groups is 3. The van der Waals surface area contributed by atoms with Crippen molar-refractivity contribution in [3.05, 3.63) is 101 Å². The molecule has 0 aromatic heterocycles. The summed E-state index contributed by atoms with van der Waals surface area (Å²) in [7, 11) is 0. The molecule has 1 heterocycles. The predicted molar refractivity (Wildman–Crippen MR) is 134 cm³/mol. The second-order valence-electron chi connectivity index (χ2n) is 8.26. The summed E-state index contributed by atoms with van der Waals surface area (Å²) in [4.78, 5) is 42.0. The first-order chi connectivity index (χ1) is 16.4. The van der Waals surface area contributed by atoms with Gasteiger partial charge in [-0.2, -0.15) is 0 Å². The average molecular weight is 454 g/mol. The topological polar surface area (TPSA) is 69.7 Å². The summed E-state index contributed by atoms with van der Waals surface area (Å²) in [5.41, 5.74) is 4.69. The Morgan fingerprint density at radius 3 is 2.12 bits per heavy atom. The minimum Gasteiger partial charge on any atom is -0.362 e. The largest absolute Gasteiger partial charge is 0.362 e. The Morgan fingerprint density at radius 1 is 0.882 bits per heavy atom. The lowest BCUT2D eigenvalue weighted by Crippen LogP contribution is -2.35. The molecule has 0 spiro atoms. The van der Waals surface area contributed by atoms with Gasteiger partial charge in [-0.3, -0.25) is 14.4 Å². The highest BCUT2D eigenvalue weighted by atomic mass is 16.2. The van der Waals surface area contributed by atoms with E-state index >= 15 is 0 Å². The highest BCUT2D eigenvalue weighted by Crippen LogP contribution is 2.35. The Bertz CT molecular complexity index is 1250. The van der Waals surface area contributed by atoms with E-state index in [1.807, 2.05) is 73.3 Å². The van der Waals surface area contributed by atoms with E-state index in [9.17, 15) is 14.4 Å². The number of nitrogens with zero attached hydrogens (tertiary/aromatic N) is 2. The molecule has 34 heavy (non-hydrogen) atoms. The third-order valence-electron chi connectivity index (χ3n) is 5.76. The molecule has 0 fully saturated rings. The maximum absolute atomic E-state index is 13.8. The van der Waals surface area contributed by atoms with Crippen LogP contribution in [-0.2, 0) is 20.9 Å². The lowest BCUT2D eigenvalue weighted by molar-refractivity contribution is -0.121. The summed E-state index contributed by atoms with van der Waals surface area (Å²) >= 11 is 0. The molecule has 1 aliphatic heterocycles. The Morgan fingerprint density at radius 2 is 1.53 bits per heavy atom. The minimum absolute atomic E-state index is 0.189. The standard InChI is InChI=1S/C28H27N3O3/c1-4-30(18-21-8-6-5-7-9-21)26-25(22-12-10-19(2)11-13-22)27(33)31(28(26)34)24-16-14-23(15-17-24)29-20(3)32/h5-17H,4,18H2,1-3H3,(H,29,32). The lowest BCUT2D eigenvalue weighted by Gasteiger charge is -2.25. The fraction of sp³-hybridized carbons (Fsp3) is 0.179. The Balaban J connectivity index is 1.77. The molecule has 0 atom stereocenters. The molecule has 3 aromatic carbocycles. The van der Waals surface area contributed by atoms with Crippen LogP contribution in [0.15, 0.2) is 84.6 Å². The Labute approximate surface area is 199 Å². The lowest BCUT2D eigenvalue weighted by atomic mass is 10.0. The van der Waals surface area contributed by atoms with Crippen LogP contribution < -0.4 is 10.2 Å². The van der Waals surface area contributed by atoms with Crippen LogP contribution in [0.3, 0.4) is 0 Å². The number of anilines is 2. The summed E-state index contributed by atoms with van der Waals surface area (Å²) in [5, 5.41) is 2.70. The van der Waals surface area contributed by atoms with Crippen LogP contribution in [0.25, 0.3) is 5.57 Å². The van der Waals surface area contributed by atoms with Crippen LogP contribution in [0, 0.1) is 6.92 Å². The van der Waals surface area contributed by atoms with E-state index in [2.05, 4.69) is 5.32 Å². The van der Waals surface area contributed by atoms with Crippen LogP contribution in [0.5, 0.6) is 0 Å². The van der Waals surface area contributed by atoms with Crippen molar-refractivity contribution < 1.29 is 14.4 Å². The van der Waals surface area contributed by atoms with Crippen molar-refractivity contribution in [2.45, 2.75) is 27.3 Å². The van der Waals surface area contributed by atoms with Crippen molar-refractivity contribution >= 4 is 34.7 Å². The quantitative estimate of drug-likeness (QED) is 0.524. The number of imide groups is 1. The van der Waals surface area contributed by atoms with Crippen molar-refractivity contribution in [3.8, 4) is 0 Å². The summed E-state index contributed by atoms with van der Waals surface area (Å²) in [6.45, 7) is 6.46. The normalized spacial score (nSPS) is 13.4. The zero-order valence-electron chi connectivity index (χ0n) is 19.5. The highest BCUT2D eigenvalue weighted by molar-refractivity contribution is 6.45. The van der Waals surface area contributed by atoms with Gasteiger partial charge in [0, 0.05) is 25.7 Å². The first kappa shape index (κ1) is 23.0. The van der Waals surface area contributed by atoms with Crippen molar-refractivity contribution in [1.82, 2.24) is 4.90 Å². The zero-order valence-corrected chi connectivity index (χ0v) is 19.5. The van der Waals surface area contributed by atoms with Gasteiger partial charge in [0.15, 0.2) is 0 Å². The van der Waals surface area contributed by atoms with Crippen molar-refractivity contribution in [3.63, 3.8) is 0 Å². The van der Waals surface area contributed by atoms with E-state index < -0.39 is 0 Å². The van der Waals surface area contributed by atoms with Gasteiger partial charge in [-0.1, -0.05) is 60.2 Å². The van der Waals surface area contributed by atoms with Crippen LogP contribution in [0.1, 0.15) is 30.5 Å². The summed E-state index contributed by atoms with van der Waals surface area (Å²) in [6, 6.07) is 24.2. The number of likely N-dealkylation sites (N-methyl/N-ethyl adjacent to an activating group) is 1. The zero-order chi connectivity index (χ0) is 24.2. The van der Waals surface area contributed by atoms with Crippen LogP contribution in [-0.4, -0.2) is 29.2 Å². The molecule has 3 amide bonds. The van der Waals surface area contributed by atoms with Gasteiger partial charge in [-0.15, -0.1) is 0 Å². The monoisotopic (exact) mass is 453 g/mol. The smallest absolute Gasteiger partial charge is 0.282 e. The number of hydrogen-bond donors (Lipinski definition) is 1. The van der Waals surface area contributed by atoms with Crippen molar-refractivity contribution in [2.75, 3.05) is 16.8 Å². The number of aryl methyl sites for hydroxylation is 1. The molecule has 1 N–H and O–H groups in total. The molecule has 0 unspecified atom stereocenters. The van der Waals surface area contributed by atoms with Gasteiger partial charge in [0.2, 0.25) is 5.91 Å². The number of carbonyl (C=O) groups excluding carboxylic acids is 3. The van der Waals surface area contributed by atoms with E-state index in [1.165, 1.54) is 11.8 Å². The van der Waals surface area contributed by atoms with Gasteiger partial charge in [0.25, 0.3) is 11.8 Å². The minimum atomic E-state index is -0.359. The van der Waals surface area contributed by atoms with Gasteiger partial charge < -0.3 is 10.2 Å². The van der Waals surface area contributed by atoms with Crippen LogP contribution >= 0.6 is 0 Å². The van der Waals surface area contributed by atoms with Gasteiger partial charge in [-0.05, 0) is 49.2 Å². The average Bonchev–Trinajstić information content (AvgIpc) is 3.09. The fourth-order valence-electron chi connectivity index (χ4n) is 4.08. The number of hydrogen-bond acceptors (Lipinski definition) is 4. The molecular weight excluding hydrogens is 426 g/mol. The second kappa shape index (κ2) is 9.75. The maximum Gasteiger partial charge on any atom is 0.282 e. The molecule has 6 nitrogen and oxygen atoms in total. The molecule has 172 valence electrons. The van der Waals surface area contributed by atoms with E-state index in [1.54, 1.807) is 24.3 Å². The number of rotatable bonds is 7. The second-order valence-corrected chi connectivity index (χ2v) is 8.26. The molecule has 0 bridgehead atoms. The first-order valence-corrected chi connectivity index (χ1v) is 11.3. The third kappa shape index (κ3) is 4.62. The van der Waals surface area contributed by atoms with Crippen LogP contribution in [0.4, 0.5) is 11.4 Å². The number of nitrogens with one attached hydrogen (secondary N) is 1. The fourth-order valence-corrected chi connectivity index (χ4v) is 4.08. The first-order valence-electron chi connectivity index (χ1n) is 11.3. The van der Waals surface area contributed by atoms with Crippen molar-refractivity contribution in [1.29, 1.82) is 0 Å². The van der Waals surface area contributed by atoms with Crippen LogP contribution in [0.2, 0.25) is 0 Å². The highest BCUT2D eigenvalue weighted by Gasteiger charge is 2.42. The molecular formula is C28H27N3O3. The number of amides is 3.